The van der Waals surface area contributed by atoms with Crippen molar-refractivity contribution in [3.8, 4) is 0 Å². The summed E-state index contributed by atoms with van der Waals surface area (Å²) in [6.07, 6.45) is 1.37. The quantitative estimate of drug-likeness (QED) is 0.300. The molecule has 0 aliphatic heterocycles. The lowest BCUT2D eigenvalue weighted by molar-refractivity contribution is 0.0168. The first-order valence-corrected chi connectivity index (χ1v) is 9.31. The number of imidazole rings is 1. The second-order valence-electron chi connectivity index (χ2n) is 5.80. The number of carbonyl (C=O) groups is 1. The molecular formula is C17H14BrClFN5O4. The molecule has 152 valence electrons. The fraction of sp³-hybridized carbons (Fsp3) is 0.176. The van der Waals surface area contributed by atoms with Crippen molar-refractivity contribution >= 4 is 55.8 Å². The van der Waals surface area contributed by atoms with Gasteiger partial charge in [-0.25, -0.2) is 14.9 Å². The van der Waals surface area contributed by atoms with Crippen molar-refractivity contribution in [3.05, 3.63) is 56.4 Å². The van der Waals surface area contributed by atoms with Crippen LogP contribution in [0, 0.1) is 10.7 Å². The average molecular weight is 487 g/mol. The SMILES string of the molecule is Cn1cnc2c(F)c(N(N=O)c3ccc(Br)cc3Cl)c(C(=O)NOCCO)cc21. The molecule has 1 amide bonds. The first-order valence-electron chi connectivity index (χ1n) is 8.14. The Morgan fingerprint density at radius 2 is 2.24 bits per heavy atom. The van der Waals surface area contributed by atoms with Gasteiger partial charge in [-0.1, -0.05) is 27.5 Å². The number of aryl methyl sites for hydroxylation is 1. The third-order valence-electron chi connectivity index (χ3n) is 3.97. The number of aliphatic hydroxyl groups is 1. The Hall–Kier alpha value is -2.60. The van der Waals surface area contributed by atoms with Crippen LogP contribution in [-0.2, 0) is 11.9 Å². The Morgan fingerprint density at radius 1 is 1.48 bits per heavy atom. The summed E-state index contributed by atoms with van der Waals surface area (Å²) in [5.74, 6) is -1.79. The molecular weight excluding hydrogens is 473 g/mol. The third kappa shape index (κ3) is 4.08. The van der Waals surface area contributed by atoms with E-state index in [0.717, 1.165) is 0 Å². The van der Waals surface area contributed by atoms with Crippen LogP contribution in [0.2, 0.25) is 5.02 Å². The molecule has 0 atom stereocenters. The molecule has 0 bridgehead atoms. The van der Waals surface area contributed by atoms with Crippen LogP contribution in [-0.4, -0.2) is 33.8 Å². The number of hydrogen-bond donors (Lipinski definition) is 2. The summed E-state index contributed by atoms with van der Waals surface area (Å²) in [4.78, 5) is 33.1. The molecule has 0 aliphatic rings. The van der Waals surface area contributed by atoms with Crippen molar-refractivity contribution in [2.45, 2.75) is 0 Å². The molecule has 1 heterocycles. The number of benzene rings is 2. The third-order valence-corrected chi connectivity index (χ3v) is 4.76. The summed E-state index contributed by atoms with van der Waals surface area (Å²) in [5, 5.41) is 12.5. The van der Waals surface area contributed by atoms with Gasteiger partial charge in [0, 0.05) is 11.5 Å². The van der Waals surface area contributed by atoms with Crippen molar-refractivity contribution in [2.75, 3.05) is 18.2 Å². The van der Waals surface area contributed by atoms with E-state index >= 15 is 4.39 Å². The van der Waals surface area contributed by atoms with Crippen molar-refractivity contribution < 1.29 is 19.1 Å². The van der Waals surface area contributed by atoms with E-state index in [1.54, 1.807) is 13.1 Å². The lowest BCUT2D eigenvalue weighted by Crippen LogP contribution is -2.27. The predicted octanol–water partition coefficient (Wildman–Crippen LogP) is 3.60. The number of anilines is 2. The Balaban J connectivity index is 2.22. The minimum Gasteiger partial charge on any atom is -0.394 e. The fourth-order valence-electron chi connectivity index (χ4n) is 2.67. The number of hydroxylamine groups is 1. The molecule has 0 saturated carbocycles. The van der Waals surface area contributed by atoms with Crippen LogP contribution < -0.4 is 10.5 Å². The van der Waals surface area contributed by atoms with Gasteiger partial charge in [-0.3, -0.25) is 9.63 Å². The number of rotatable bonds is 7. The standard InChI is InChI=1S/C17H14BrClFN5O4/c1-24-8-21-15-13(24)7-10(17(27)22-29-5-4-26)16(14(15)20)25(23-28)12-3-2-9(18)6-11(12)19/h2-3,6-8,26H,4-5H2,1H3,(H,22,27). The number of halogens is 3. The average Bonchev–Trinajstić information content (AvgIpc) is 3.06. The molecule has 3 rings (SSSR count). The second-order valence-corrected chi connectivity index (χ2v) is 7.13. The van der Waals surface area contributed by atoms with Crippen LogP contribution in [0.3, 0.4) is 0 Å². The Morgan fingerprint density at radius 3 is 2.90 bits per heavy atom. The smallest absolute Gasteiger partial charge is 0.277 e. The van der Waals surface area contributed by atoms with Gasteiger partial charge in [0.15, 0.2) is 5.82 Å². The molecule has 12 heteroatoms. The van der Waals surface area contributed by atoms with E-state index in [4.69, 9.17) is 21.5 Å². The zero-order valence-corrected chi connectivity index (χ0v) is 17.2. The highest BCUT2D eigenvalue weighted by Crippen LogP contribution is 2.39. The lowest BCUT2D eigenvalue weighted by atomic mass is 10.1. The van der Waals surface area contributed by atoms with E-state index in [0.29, 0.717) is 15.0 Å². The molecule has 3 aromatic rings. The van der Waals surface area contributed by atoms with Crippen LogP contribution >= 0.6 is 27.5 Å². The van der Waals surface area contributed by atoms with E-state index in [-0.39, 0.29) is 35.0 Å². The summed E-state index contributed by atoms with van der Waals surface area (Å²) in [6.45, 7) is -0.509. The van der Waals surface area contributed by atoms with Gasteiger partial charge >= 0.3 is 0 Å². The van der Waals surface area contributed by atoms with E-state index in [1.165, 1.54) is 29.1 Å². The van der Waals surface area contributed by atoms with Gasteiger partial charge in [0.25, 0.3) is 5.91 Å². The number of carbonyl (C=O) groups excluding carboxylic acids is 1. The molecule has 0 spiro atoms. The van der Waals surface area contributed by atoms with Crippen molar-refractivity contribution in [3.63, 3.8) is 0 Å². The number of aliphatic hydroxyl groups excluding tert-OH is 1. The molecule has 0 radical (unpaired) electrons. The summed E-state index contributed by atoms with van der Waals surface area (Å²) in [5.41, 5.74) is 1.72. The number of nitroso groups, excluding NO2 is 1. The Labute approximate surface area is 177 Å². The molecule has 0 aliphatic carbocycles. The number of nitrogens with zero attached hydrogens (tertiary/aromatic N) is 4. The summed E-state index contributed by atoms with van der Waals surface area (Å²) >= 11 is 9.44. The van der Waals surface area contributed by atoms with Gasteiger partial charge in [0.05, 0.1) is 46.6 Å². The van der Waals surface area contributed by atoms with Gasteiger partial charge in [0.2, 0.25) is 0 Å². The van der Waals surface area contributed by atoms with Crippen LogP contribution in [0.4, 0.5) is 15.8 Å². The van der Waals surface area contributed by atoms with E-state index in [1.807, 2.05) is 0 Å². The Kier molecular flexibility index (Phi) is 6.42. The molecule has 0 unspecified atom stereocenters. The lowest BCUT2D eigenvalue weighted by Gasteiger charge is -2.21. The summed E-state index contributed by atoms with van der Waals surface area (Å²) < 4.78 is 17.5. The van der Waals surface area contributed by atoms with Crippen molar-refractivity contribution in [1.29, 1.82) is 0 Å². The van der Waals surface area contributed by atoms with Gasteiger partial charge in [-0.15, -0.1) is 4.91 Å². The first-order chi connectivity index (χ1) is 13.9. The highest BCUT2D eigenvalue weighted by molar-refractivity contribution is 9.10. The normalized spacial score (nSPS) is 10.9. The maximum atomic E-state index is 15.4. The van der Waals surface area contributed by atoms with Gasteiger partial charge in [0.1, 0.15) is 11.2 Å². The topological polar surface area (TPSA) is 109 Å². The zero-order valence-electron chi connectivity index (χ0n) is 14.9. The molecule has 29 heavy (non-hydrogen) atoms. The minimum atomic E-state index is -0.936. The van der Waals surface area contributed by atoms with Gasteiger partial charge in [-0.2, -0.15) is 5.01 Å². The van der Waals surface area contributed by atoms with Crippen LogP contribution in [0.5, 0.6) is 0 Å². The highest BCUT2D eigenvalue weighted by Gasteiger charge is 2.28. The zero-order chi connectivity index (χ0) is 21.1. The molecule has 0 saturated heterocycles. The van der Waals surface area contributed by atoms with E-state index in [9.17, 15) is 9.70 Å². The highest BCUT2D eigenvalue weighted by atomic mass is 79.9. The number of amides is 1. The van der Waals surface area contributed by atoms with Gasteiger partial charge in [-0.05, 0) is 24.3 Å². The number of fused-ring (bicyclic) bond motifs is 1. The number of nitrogens with one attached hydrogen (secondary N) is 1. The predicted molar refractivity (Wildman–Crippen MR) is 108 cm³/mol. The second kappa shape index (κ2) is 8.82. The molecule has 1 aromatic heterocycles. The van der Waals surface area contributed by atoms with Crippen molar-refractivity contribution in [1.82, 2.24) is 15.0 Å². The van der Waals surface area contributed by atoms with Crippen molar-refractivity contribution in [2.24, 2.45) is 12.3 Å². The molecule has 9 nitrogen and oxygen atoms in total. The number of hydrogen-bond acceptors (Lipinski definition) is 6. The van der Waals surface area contributed by atoms with E-state index in [2.05, 4.69) is 31.7 Å². The fourth-order valence-corrected chi connectivity index (χ4v) is 3.42. The Bertz CT molecular complexity index is 1090. The first kappa shape index (κ1) is 21.1. The molecule has 0 fully saturated rings. The molecule has 2 aromatic carbocycles. The maximum absolute atomic E-state index is 15.4. The maximum Gasteiger partial charge on any atom is 0.277 e. The minimum absolute atomic E-state index is 0.0581. The molecule has 2 N–H and O–H groups in total. The number of aromatic nitrogens is 2. The van der Waals surface area contributed by atoms with Crippen LogP contribution in [0.15, 0.2) is 40.4 Å². The summed E-state index contributed by atoms with van der Waals surface area (Å²) in [6, 6.07) is 5.88. The largest absolute Gasteiger partial charge is 0.394 e. The monoisotopic (exact) mass is 485 g/mol. The summed E-state index contributed by atoms with van der Waals surface area (Å²) in [7, 11) is 1.62. The van der Waals surface area contributed by atoms with Crippen LogP contribution in [0.25, 0.3) is 11.0 Å². The van der Waals surface area contributed by atoms with Gasteiger partial charge < -0.3 is 9.67 Å². The van der Waals surface area contributed by atoms with E-state index < -0.39 is 17.4 Å². The van der Waals surface area contributed by atoms with Crippen LogP contribution in [0.1, 0.15) is 10.4 Å².